The Kier molecular flexibility index (Phi) is 8.70. The molecule has 6 heteroatoms. The zero-order valence-corrected chi connectivity index (χ0v) is 14.2. The number of nitrogens with zero attached hydrogens (tertiary/aromatic N) is 1. The number of piperidine rings is 1. The minimum absolute atomic E-state index is 0.00330. The van der Waals surface area contributed by atoms with Crippen molar-refractivity contribution in [1.82, 2.24) is 15.5 Å². The average molecular weight is 313 g/mol. The number of hydrogen-bond acceptors (Lipinski definition) is 3. The number of unbranched alkanes of at least 4 members (excludes halogenated alkanes) is 1. The topological polar surface area (TPSA) is 70.7 Å². The van der Waals surface area contributed by atoms with Gasteiger partial charge in [0, 0.05) is 25.7 Å². The van der Waals surface area contributed by atoms with Gasteiger partial charge in [-0.05, 0) is 25.2 Å². The first-order valence-corrected chi connectivity index (χ1v) is 8.47. The molecule has 6 nitrogen and oxygen atoms in total. The molecule has 1 rings (SSSR count). The minimum Gasteiger partial charge on any atom is -0.453 e. The fourth-order valence-corrected chi connectivity index (χ4v) is 2.81. The summed E-state index contributed by atoms with van der Waals surface area (Å²) < 4.78 is 4.73. The Labute approximate surface area is 134 Å². The van der Waals surface area contributed by atoms with Crippen LogP contribution in [-0.2, 0) is 4.74 Å². The molecule has 1 fully saturated rings. The van der Waals surface area contributed by atoms with E-state index in [2.05, 4.69) is 24.5 Å². The molecule has 1 saturated heterocycles. The van der Waals surface area contributed by atoms with Gasteiger partial charge in [-0.3, -0.25) is 0 Å². The van der Waals surface area contributed by atoms with E-state index in [-0.39, 0.29) is 18.2 Å². The first-order valence-electron chi connectivity index (χ1n) is 8.47. The molecule has 2 N–H and O–H groups in total. The smallest absolute Gasteiger partial charge is 0.409 e. The van der Waals surface area contributed by atoms with Crippen molar-refractivity contribution in [3.63, 3.8) is 0 Å². The van der Waals surface area contributed by atoms with Gasteiger partial charge in [0.05, 0.1) is 7.11 Å². The fourth-order valence-electron chi connectivity index (χ4n) is 2.81. The van der Waals surface area contributed by atoms with E-state index in [4.69, 9.17) is 4.74 Å². The van der Waals surface area contributed by atoms with Gasteiger partial charge in [0.25, 0.3) is 0 Å². The summed E-state index contributed by atoms with van der Waals surface area (Å²) in [5.74, 6) is 0.545. The second kappa shape index (κ2) is 10.3. The van der Waals surface area contributed by atoms with Gasteiger partial charge < -0.3 is 20.3 Å². The van der Waals surface area contributed by atoms with Crippen LogP contribution in [0.2, 0.25) is 0 Å². The lowest BCUT2D eigenvalue weighted by Crippen LogP contribution is -2.52. The zero-order valence-electron chi connectivity index (χ0n) is 14.2. The number of methoxy groups -OCH3 is 1. The van der Waals surface area contributed by atoms with E-state index in [1.165, 1.54) is 20.0 Å². The number of amides is 3. The van der Waals surface area contributed by atoms with Gasteiger partial charge in [0.2, 0.25) is 0 Å². The standard InChI is InChI=1S/C16H31N3O3/c1-4-6-8-13(5-2)11-17-15(20)18-14-9-7-10-19(12-14)16(21)22-3/h13-14H,4-12H2,1-3H3,(H2,17,18,20). The highest BCUT2D eigenvalue weighted by Crippen LogP contribution is 2.12. The molecule has 3 amide bonds. The van der Waals surface area contributed by atoms with Crippen molar-refractivity contribution in [3.05, 3.63) is 0 Å². The number of carbonyl (C=O) groups excluding carboxylic acids is 2. The second-order valence-corrected chi connectivity index (χ2v) is 6.03. The molecule has 1 heterocycles. The number of likely N-dealkylation sites (tertiary alicyclic amines) is 1. The second-order valence-electron chi connectivity index (χ2n) is 6.03. The van der Waals surface area contributed by atoms with E-state index in [0.29, 0.717) is 19.0 Å². The van der Waals surface area contributed by atoms with E-state index in [0.717, 1.165) is 32.2 Å². The van der Waals surface area contributed by atoms with E-state index in [9.17, 15) is 9.59 Å². The molecule has 0 spiro atoms. The highest BCUT2D eigenvalue weighted by atomic mass is 16.5. The van der Waals surface area contributed by atoms with Crippen LogP contribution in [0.1, 0.15) is 52.4 Å². The van der Waals surface area contributed by atoms with E-state index in [1.54, 1.807) is 4.90 Å². The summed E-state index contributed by atoms with van der Waals surface area (Å²) in [6.45, 7) is 6.28. The molecule has 1 aliphatic heterocycles. The zero-order chi connectivity index (χ0) is 16.4. The van der Waals surface area contributed by atoms with Gasteiger partial charge in [0.15, 0.2) is 0 Å². The third kappa shape index (κ3) is 6.54. The first kappa shape index (κ1) is 18.6. The number of ether oxygens (including phenoxy) is 1. The van der Waals surface area contributed by atoms with Crippen molar-refractivity contribution in [2.45, 2.75) is 58.4 Å². The number of nitrogens with one attached hydrogen (secondary N) is 2. The summed E-state index contributed by atoms with van der Waals surface area (Å²) in [6.07, 6.45) is 6.10. The summed E-state index contributed by atoms with van der Waals surface area (Å²) in [7, 11) is 1.38. The molecule has 0 aliphatic carbocycles. The number of carbonyl (C=O) groups is 2. The van der Waals surface area contributed by atoms with Crippen molar-refractivity contribution < 1.29 is 14.3 Å². The third-order valence-electron chi connectivity index (χ3n) is 4.28. The lowest BCUT2D eigenvalue weighted by Gasteiger charge is -2.32. The lowest BCUT2D eigenvalue weighted by molar-refractivity contribution is 0.108. The SMILES string of the molecule is CCCCC(CC)CNC(=O)NC1CCCN(C(=O)OC)C1. The highest BCUT2D eigenvalue weighted by molar-refractivity contribution is 5.74. The maximum Gasteiger partial charge on any atom is 0.409 e. The van der Waals surface area contributed by atoms with Crippen molar-refractivity contribution in [2.75, 3.05) is 26.7 Å². The molecular formula is C16H31N3O3. The van der Waals surface area contributed by atoms with Crippen LogP contribution in [0.3, 0.4) is 0 Å². The van der Waals surface area contributed by atoms with Gasteiger partial charge in [-0.15, -0.1) is 0 Å². The van der Waals surface area contributed by atoms with Gasteiger partial charge in [-0.2, -0.15) is 0 Å². The van der Waals surface area contributed by atoms with Gasteiger partial charge >= 0.3 is 12.1 Å². The summed E-state index contributed by atoms with van der Waals surface area (Å²) in [5, 5.41) is 5.93. The van der Waals surface area contributed by atoms with Gasteiger partial charge in [0.1, 0.15) is 0 Å². The van der Waals surface area contributed by atoms with Crippen LogP contribution in [0.5, 0.6) is 0 Å². The maximum absolute atomic E-state index is 12.0. The summed E-state index contributed by atoms with van der Waals surface area (Å²) in [6, 6.07) is -0.129. The van der Waals surface area contributed by atoms with E-state index in [1.807, 2.05) is 0 Å². The molecule has 1 aliphatic rings. The van der Waals surface area contributed by atoms with Gasteiger partial charge in [-0.25, -0.2) is 9.59 Å². The quantitative estimate of drug-likeness (QED) is 0.759. The summed E-state index contributed by atoms with van der Waals surface area (Å²) in [5.41, 5.74) is 0. The fraction of sp³-hybridized carbons (Fsp3) is 0.875. The van der Waals surface area contributed by atoms with Crippen LogP contribution in [0, 0.1) is 5.92 Å². The Morgan fingerprint density at radius 3 is 2.77 bits per heavy atom. The number of rotatable bonds is 7. The monoisotopic (exact) mass is 313 g/mol. The Morgan fingerprint density at radius 2 is 2.14 bits per heavy atom. The Morgan fingerprint density at radius 1 is 1.36 bits per heavy atom. The van der Waals surface area contributed by atoms with Crippen molar-refractivity contribution >= 4 is 12.1 Å². The van der Waals surface area contributed by atoms with Crippen LogP contribution < -0.4 is 10.6 Å². The predicted molar refractivity (Wildman–Crippen MR) is 86.8 cm³/mol. The molecule has 22 heavy (non-hydrogen) atoms. The van der Waals surface area contributed by atoms with Crippen LogP contribution in [0.15, 0.2) is 0 Å². The minimum atomic E-state index is -0.322. The molecular weight excluding hydrogens is 282 g/mol. The van der Waals surface area contributed by atoms with Crippen molar-refractivity contribution in [2.24, 2.45) is 5.92 Å². The molecule has 2 unspecified atom stereocenters. The van der Waals surface area contributed by atoms with Crippen LogP contribution >= 0.6 is 0 Å². The number of hydrogen-bond donors (Lipinski definition) is 2. The van der Waals surface area contributed by atoms with Crippen LogP contribution in [0.4, 0.5) is 9.59 Å². The molecule has 128 valence electrons. The predicted octanol–water partition coefficient (Wildman–Crippen LogP) is 2.73. The van der Waals surface area contributed by atoms with E-state index < -0.39 is 0 Å². The molecule has 0 aromatic heterocycles. The Balaban J connectivity index is 2.30. The molecule has 2 atom stereocenters. The average Bonchev–Trinajstić information content (AvgIpc) is 2.54. The molecule has 0 aromatic rings. The lowest BCUT2D eigenvalue weighted by atomic mass is 9.99. The number of urea groups is 1. The third-order valence-corrected chi connectivity index (χ3v) is 4.28. The maximum atomic E-state index is 12.0. The Bertz CT molecular complexity index is 350. The van der Waals surface area contributed by atoms with Crippen LogP contribution in [0.25, 0.3) is 0 Å². The van der Waals surface area contributed by atoms with Crippen molar-refractivity contribution in [3.8, 4) is 0 Å². The Hall–Kier alpha value is -1.46. The normalized spacial score (nSPS) is 19.4. The molecule has 0 bridgehead atoms. The summed E-state index contributed by atoms with van der Waals surface area (Å²) >= 11 is 0. The van der Waals surface area contributed by atoms with E-state index >= 15 is 0 Å². The molecule has 0 aromatic carbocycles. The van der Waals surface area contributed by atoms with Crippen LogP contribution in [-0.4, -0.2) is 49.8 Å². The molecule has 0 radical (unpaired) electrons. The van der Waals surface area contributed by atoms with Gasteiger partial charge in [-0.1, -0.05) is 33.1 Å². The first-order chi connectivity index (χ1) is 10.6. The highest BCUT2D eigenvalue weighted by Gasteiger charge is 2.25. The summed E-state index contributed by atoms with van der Waals surface area (Å²) in [4.78, 5) is 25.2. The molecule has 0 saturated carbocycles. The largest absolute Gasteiger partial charge is 0.453 e. The van der Waals surface area contributed by atoms with Crippen molar-refractivity contribution in [1.29, 1.82) is 0 Å².